The van der Waals surface area contributed by atoms with Crippen LogP contribution >= 0.6 is 15.9 Å². The topological polar surface area (TPSA) is 35.5 Å². The summed E-state index contributed by atoms with van der Waals surface area (Å²) >= 11 is 3.33. The number of unbranched alkanes of at least 4 members (excludes halogenated alkanes) is 6. The highest BCUT2D eigenvalue weighted by Gasteiger charge is 2.25. The third-order valence-corrected chi connectivity index (χ3v) is 4.20. The van der Waals surface area contributed by atoms with Gasteiger partial charge in [-0.05, 0) is 25.0 Å². The van der Waals surface area contributed by atoms with Gasteiger partial charge in [0.1, 0.15) is 0 Å². The third-order valence-electron chi connectivity index (χ3n) is 3.74. The summed E-state index contributed by atoms with van der Waals surface area (Å²) in [4.78, 5) is 11.1. The molecule has 0 saturated heterocycles. The largest absolute Gasteiger partial charge is 0.492 e. The number of aldehydes is 1. The first-order chi connectivity index (χ1) is 11.9. The molecular formula is C18H24BrF3O3. The van der Waals surface area contributed by atoms with Crippen LogP contribution in [-0.4, -0.2) is 26.2 Å². The van der Waals surface area contributed by atoms with Crippen LogP contribution in [0.5, 0.6) is 11.5 Å². The van der Waals surface area contributed by atoms with E-state index in [1.165, 1.54) is 7.11 Å². The van der Waals surface area contributed by atoms with Crippen LogP contribution in [0.3, 0.4) is 0 Å². The molecule has 0 bridgehead atoms. The van der Waals surface area contributed by atoms with Crippen LogP contribution in [0.1, 0.15) is 61.7 Å². The second kappa shape index (κ2) is 11.4. The van der Waals surface area contributed by atoms with Gasteiger partial charge in [0.15, 0.2) is 17.8 Å². The summed E-state index contributed by atoms with van der Waals surface area (Å²) in [7, 11) is 1.49. The number of carbonyl (C=O) groups is 1. The van der Waals surface area contributed by atoms with Crippen molar-refractivity contribution >= 4 is 22.2 Å². The van der Waals surface area contributed by atoms with Crippen molar-refractivity contribution in [2.45, 2.75) is 57.5 Å². The number of methoxy groups -OCH3 is 1. The molecule has 0 N–H and O–H groups in total. The molecule has 142 valence electrons. The molecule has 0 amide bonds. The maximum Gasteiger partial charge on any atom is 0.389 e. The molecule has 1 aromatic rings. The van der Waals surface area contributed by atoms with Crippen molar-refractivity contribution in [2.75, 3.05) is 13.7 Å². The Morgan fingerprint density at radius 1 is 1.04 bits per heavy atom. The molecule has 0 radical (unpaired) electrons. The fourth-order valence-electron chi connectivity index (χ4n) is 2.50. The van der Waals surface area contributed by atoms with Crippen LogP contribution in [0, 0.1) is 0 Å². The zero-order valence-electron chi connectivity index (χ0n) is 14.3. The Balaban J connectivity index is 2.18. The third kappa shape index (κ3) is 9.14. The highest BCUT2D eigenvalue weighted by Crippen LogP contribution is 2.34. The lowest BCUT2D eigenvalue weighted by atomic mass is 10.1. The van der Waals surface area contributed by atoms with Crippen LogP contribution in [0.15, 0.2) is 16.6 Å². The predicted molar refractivity (Wildman–Crippen MR) is 94.6 cm³/mol. The maximum absolute atomic E-state index is 12.0. The number of rotatable bonds is 12. The molecule has 1 aromatic carbocycles. The monoisotopic (exact) mass is 424 g/mol. The normalized spacial score (nSPS) is 11.4. The Morgan fingerprint density at radius 3 is 2.20 bits per heavy atom. The molecule has 0 unspecified atom stereocenters. The number of halogens is 4. The molecule has 3 nitrogen and oxygen atoms in total. The van der Waals surface area contributed by atoms with Gasteiger partial charge in [-0.2, -0.15) is 13.2 Å². The molecular weight excluding hydrogens is 401 g/mol. The van der Waals surface area contributed by atoms with Crippen molar-refractivity contribution in [3.63, 3.8) is 0 Å². The van der Waals surface area contributed by atoms with Crippen LogP contribution in [0.25, 0.3) is 0 Å². The van der Waals surface area contributed by atoms with E-state index in [-0.39, 0.29) is 6.42 Å². The van der Waals surface area contributed by atoms with Crippen LogP contribution < -0.4 is 9.47 Å². The van der Waals surface area contributed by atoms with Gasteiger partial charge in [-0.15, -0.1) is 0 Å². The predicted octanol–water partition coefficient (Wildman–Crippen LogP) is 6.33. The first kappa shape index (κ1) is 21.8. The second-order valence-corrected chi connectivity index (χ2v) is 6.75. The van der Waals surface area contributed by atoms with Crippen molar-refractivity contribution in [2.24, 2.45) is 0 Å². The Morgan fingerprint density at radius 2 is 1.64 bits per heavy atom. The Bertz CT molecular complexity index is 533. The van der Waals surface area contributed by atoms with Crippen molar-refractivity contribution in [1.29, 1.82) is 0 Å². The van der Waals surface area contributed by atoms with E-state index in [1.54, 1.807) is 12.1 Å². The molecule has 0 aromatic heterocycles. The molecule has 0 aliphatic heterocycles. The second-order valence-electron chi connectivity index (χ2n) is 5.83. The molecule has 0 spiro atoms. The highest BCUT2D eigenvalue weighted by molar-refractivity contribution is 9.10. The van der Waals surface area contributed by atoms with Gasteiger partial charge in [-0.3, -0.25) is 4.79 Å². The van der Waals surface area contributed by atoms with E-state index >= 15 is 0 Å². The minimum absolute atomic E-state index is 0.217. The Labute approximate surface area is 155 Å². The first-order valence-corrected chi connectivity index (χ1v) is 9.19. The molecule has 0 saturated carbocycles. The van der Waals surface area contributed by atoms with E-state index in [4.69, 9.17) is 9.47 Å². The van der Waals surface area contributed by atoms with E-state index in [2.05, 4.69) is 15.9 Å². The average Bonchev–Trinajstić information content (AvgIpc) is 2.54. The van der Waals surface area contributed by atoms with Crippen molar-refractivity contribution < 1.29 is 27.4 Å². The Kier molecular flexibility index (Phi) is 9.93. The zero-order valence-corrected chi connectivity index (χ0v) is 15.9. The molecule has 0 aliphatic carbocycles. The number of hydrogen-bond donors (Lipinski definition) is 0. The summed E-state index contributed by atoms with van der Waals surface area (Å²) in [5, 5.41) is 0. The Hall–Kier alpha value is -1.24. The maximum atomic E-state index is 12.0. The lowest BCUT2D eigenvalue weighted by molar-refractivity contribution is -0.135. The number of carbonyl (C=O) groups excluding carboxylic acids is 1. The van der Waals surface area contributed by atoms with E-state index in [0.29, 0.717) is 30.1 Å². The number of ether oxygens (including phenoxy) is 2. The van der Waals surface area contributed by atoms with Gasteiger partial charge >= 0.3 is 6.18 Å². The fourth-order valence-corrected chi connectivity index (χ4v) is 2.95. The molecule has 0 heterocycles. The molecule has 0 fully saturated rings. The quantitative estimate of drug-likeness (QED) is 0.290. The summed E-state index contributed by atoms with van der Waals surface area (Å²) in [5.41, 5.74) is 0.422. The van der Waals surface area contributed by atoms with Gasteiger partial charge < -0.3 is 9.47 Å². The lowest BCUT2D eigenvalue weighted by Crippen LogP contribution is -2.06. The van der Waals surface area contributed by atoms with Gasteiger partial charge in [0.2, 0.25) is 0 Å². The smallest absolute Gasteiger partial charge is 0.389 e. The first-order valence-electron chi connectivity index (χ1n) is 8.39. The van der Waals surface area contributed by atoms with E-state index in [9.17, 15) is 18.0 Å². The van der Waals surface area contributed by atoms with Gasteiger partial charge in [0, 0.05) is 10.9 Å². The van der Waals surface area contributed by atoms with Crippen LogP contribution in [0.2, 0.25) is 0 Å². The molecule has 25 heavy (non-hydrogen) atoms. The molecule has 1 rings (SSSR count). The lowest BCUT2D eigenvalue weighted by Gasteiger charge is -2.13. The summed E-state index contributed by atoms with van der Waals surface area (Å²) in [6, 6.07) is 3.42. The molecule has 0 aliphatic rings. The van der Waals surface area contributed by atoms with Crippen LogP contribution in [0.4, 0.5) is 13.2 Å². The van der Waals surface area contributed by atoms with Gasteiger partial charge in [-0.1, -0.05) is 48.0 Å². The molecule has 7 heteroatoms. The highest BCUT2D eigenvalue weighted by atomic mass is 79.9. The van der Waals surface area contributed by atoms with Crippen molar-refractivity contribution in [1.82, 2.24) is 0 Å². The van der Waals surface area contributed by atoms with Gasteiger partial charge in [-0.25, -0.2) is 0 Å². The number of benzene rings is 1. The minimum Gasteiger partial charge on any atom is -0.492 e. The number of hydrogen-bond acceptors (Lipinski definition) is 3. The summed E-state index contributed by atoms with van der Waals surface area (Å²) in [6.07, 6.45) is 1.39. The standard InChI is InChI=1S/C18H24BrF3O3/c1-24-17-14(13-23)11-15(19)12-16(17)25-10-8-6-4-2-3-5-7-9-18(20,21)22/h11-13H,2-10H2,1H3. The zero-order chi connectivity index (χ0) is 18.7. The van der Waals surface area contributed by atoms with Gasteiger partial charge in [0.25, 0.3) is 0 Å². The van der Waals surface area contributed by atoms with Gasteiger partial charge in [0.05, 0.1) is 19.3 Å². The van der Waals surface area contributed by atoms with E-state index < -0.39 is 12.6 Å². The summed E-state index contributed by atoms with van der Waals surface area (Å²) in [6.45, 7) is 0.499. The van der Waals surface area contributed by atoms with Crippen molar-refractivity contribution in [3.8, 4) is 11.5 Å². The van der Waals surface area contributed by atoms with E-state index in [0.717, 1.165) is 42.9 Å². The average molecular weight is 425 g/mol. The molecule has 0 atom stereocenters. The summed E-state index contributed by atoms with van der Waals surface area (Å²) < 4.78 is 47.6. The number of alkyl halides is 3. The minimum atomic E-state index is -4.03. The van der Waals surface area contributed by atoms with E-state index in [1.807, 2.05) is 0 Å². The van der Waals surface area contributed by atoms with Crippen molar-refractivity contribution in [3.05, 3.63) is 22.2 Å². The summed E-state index contributed by atoms with van der Waals surface area (Å²) in [5.74, 6) is 0.939. The van der Waals surface area contributed by atoms with Crippen LogP contribution in [-0.2, 0) is 0 Å². The SMILES string of the molecule is COc1c(C=O)cc(Br)cc1OCCCCCCCCCC(F)(F)F. The fraction of sp³-hybridized carbons (Fsp3) is 0.611.